The van der Waals surface area contributed by atoms with Crippen LogP contribution in [-0.4, -0.2) is 332 Å². The van der Waals surface area contributed by atoms with E-state index in [0.717, 1.165) is 19.3 Å². The highest BCUT2D eigenvalue weighted by atomic mass is 16.8. The maximum absolute atomic E-state index is 14.8. The van der Waals surface area contributed by atoms with Crippen LogP contribution >= 0.6 is 0 Å². The zero-order chi connectivity index (χ0) is 73.5. The molecule has 0 radical (unpaired) electrons. The maximum Gasteiger partial charge on any atom is 0.313 e. The first-order chi connectivity index (χ1) is 47.7. The summed E-state index contributed by atoms with van der Waals surface area (Å²) >= 11 is 0. The lowest BCUT2D eigenvalue weighted by molar-refractivity contribution is -0.392. The number of aliphatic hydroxyl groups excluding tert-OH is 15. The molecule has 7 aliphatic heterocycles. The van der Waals surface area contributed by atoms with E-state index in [1.165, 1.54) is 26.7 Å². The highest BCUT2D eigenvalue weighted by molar-refractivity contribution is 5.83. The molecule has 0 amide bonds. The number of methoxy groups -OCH3 is 2. The van der Waals surface area contributed by atoms with Crippen molar-refractivity contribution in [3.8, 4) is 0 Å². The largest absolute Gasteiger partial charge is 0.462 e. The second-order valence-electron chi connectivity index (χ2n) is 31.4. The quantitative estimate of drug-likeness (QED) is 0.0344. The zero-order valence-corrected chi connectivity index (χ0v) is 58.9. The van der Waals surface area contributed by atoms with Crippen molar-refractivity contribution in [3.05, 3.63) is 11.6 Å². The molecule has 3 saturated carbocycles. The van der Waals surface area contributed by atoms with E-state index < -0.39 is 246 Å². The van der Waals surface area contributed by atoms with Gasteiger partial charge in [0.2, 0.25) is 0 Å². The van der Waals surface area contributed by atoms with Gasteiger partial charge in [-0.3, -0.25) is 9.59 Å². The molecule has 37 atom stereocenters. The minimum absolute atomic E-state index is 0.0273. The summed E-state index contributed by atoms with van der Waals surface area (Å²) in [5.74, 6) is -0.393. The van der Waals surface area contributed by atoms with Crippen LogP contribution in [0, 0.1) is 45.3 Å². The van der Waals surface area contributed by atoms with Crippen molar-refractivity contribution in [2.24, 2.45) is 45.3 Å². The Labute approximate surface area is 585 Å². The van der Waals surface area contributed by atoms with Gasteiger partial charge < -0.3 is 152 Å². The van der Waals surface area contributed by atoms with E-state index in [-0.39, 0.29) is 41.0 Å². The first kappa shape index (κ1) is 79.6. The predicted octanol–water partition coefficient (Wildman–Crippen LogP) is -3.85. The summed E-state index contributed by atoms with van der Waals surface area (Å²) in [6, 6.07) is 0. The lowest BCUT2D eigenvalue weighted by atomic mass is 9.41. The third-order valence-electron chi connectivity index (χ3n) is 24.8. The number of rotatable bonds is 23. The Morgan fingerprint density at radius 1 is 0.525 bits per heavy atom. The fraction of sp³-hybridized carbons (Fsp3) is 0.941. The third-order valence-corrected chi connectivity index (χ3v) is 24.8. The average molecular weight is 1460 g/mol. The molecule has 2 unspecified atom stereocenters. The molecule has 15 N–H and O–H groups in total. The molecular formula is C68H110O33. The van der Waals surface area contributed by atoms with Gasteiger partial charge in [-0.2, -0.15) is 0 Å². The van der Waals surface area contributed by atoms with Gasteiger partial charge >= 0.3 is 11.9 Å². The minimum atomic E-state index is -2.06. The second-order valence-corrected chi connectivity index (χ2v) is 31.4. The van der Waals surface area contributed by atoms with E-state index in [1.807, 2.05) is 6.92 Å². The number of carbonyl (C=O) groups is 2. The van der Waals surface area contributed by atoms with Crippen LogP contribution in [0.2, 0.25) is 0 Å². The summed E-state index contributed by atoms with van der Waals surface area (Å²) in [7, 11) is 2.36. The molecule has 101 heavy (non-hydrogen) atoms. The molecule has 10 fully saturated rings. The summed E-state index contributed by atoms with van der Waals surface area (Å²) in [5.41, 5.74) is -1.86. The summed E-state index contributed by atoms with van der Waals surface area (Å²) in [5, 5.41) is 167. The van der Waals surface area contributed by atoms with Gasteiger partial charge in [-0.25, -0.2) is 0 Å². The van der Waals surface area contributed by atoms with Crippen molar-refractivity contribution >= 4 is 11.9 Å². The van der Waals surface area contributed by atoms with Crippen molar-refractivity contribution in [2.75, 3.05) is 53.9 Å². The SMILES string of the molecule is CO[C@@H]1[C@@H](O)[C@H](O[C@@H]2[C@@H](O)[C@H](O[C@@H]3CO[C@@H](O[C@H]4[C@H](O[C@H]5CC[C@]6(C)C7CC[C@]89C(=O)O[C@@](C)(C[C@H](CC(C)C)OC(C)=O)[C@H]8CC[C@@]9(C)C7=CCC6C5(C)C)OC[C@@H](O[C@@H]5O[C@H](CO)[C@@H](O)[C@H](O[C@@H]6O[C@H](CO)[C@@H](O)[C@H](OC)[C@H]6O)[C@H]5O)[C@@H]4O)[C@H](O)[C@H]3O)O[C@H](CO)[C@H]2O)O[C@H](CO)[C@H]1O. The molecular weight excluding hydrogens is 1340 g/mol. The molecule has 11 aliphatic rings. The monoisotopic (exact) mass is 1450 g/mol. The second kappa shape index (κ2) is 31.2. The van der Waals surface area contributed by atoms with E-state index in [9.17, 15) is 86.2 Å². The van der Waals surface area contributed by atoms with E-state index in [1.54, 1.807) is 0 Å². The molecule has 0 aromatic carbocycles. The van der Waals surface area contributed by atoms with Crippen LogP contribution < -0.4 is 0 Å². The lowest BCUT2D eigenvalue weighted by Crippen LogP contribution is -2.67. The van der Waals surface area contributed by atoms with Crippen LogP contribution in [0.3, 0.4) is 0 Å². The van der Waals surface area contributed by atoms with Crippen LogP contribution in [0.5, 0.6) is 0 Å². The number of cyclic esters (lactones) is 1. The van der Waals surface area contributed by atoms with E-state index in [0.29, 0.717) is 38.5 Å². The van der Waals surface area contributed by atoms with Gasteiger partial charge in [0, 0.05) is 38.9 Å². The van der Waals surface area contributed by atoms with Crippen LogP contribution in [0.25, 0.3) is 0 Å². The first-order valence-electron chi connectivity index (χ1n) is 35.6. The molecule has 4 aliphatic carbocycles. The molecule has 0 aromatic heterocycles. The van der Waals surface area contributed by atoms with Gasteiger partial charge in [0.05, 0.1) is 51.2 Å². The molecule has 11 rings (SSSR count). The number of esters is 2. The molecule has 7 heterocycles. The summed E-state index contributed by atoms with van der Waals surface area (Å²) in [6.07, 6.45) is -40.7. The van der Waals surface area contributed by atoms with Gasteiger partial charge in [0.1, 0.15) is 146 Å². The van der Waals surface area contributed by atoms with Crippen LogP contribution in [-0.2, 0) is 85.4 Å². The smallest absolute Gasteiger partial charge is 0.313 e. The third kappa shape index (κ3) is 14.3. The normalized spacial score (nSPS) is 50.9. The van der Waals surface area contributed by atoms with Crippen molar-refractivity contribution < 1.29 is 162 Å². The molecule has 1 spiro atoms. The number of carbonyl (C=O) groups excluding carboxylic acids is 2. The van der Waals surface area contributed by atoms with Crippen molar-refractivity contribution in [2.45, 2.75) is 303 Å². The number of hydrogen-bond donors (Lipinski definition) is 15. The fourth-order valence-corrected chi connectivity index (χ4v) is 19.5. The molecule has 580 valence electrons. The van der Waals surface area contributed by atoms with E-state index in [2.05, 4.69) is 47.6 Å². The zero-order valence-electron chi connectivity index (χ0n) is 58.9. The lowest BCUT2D eigenvalue weighted by Gasteiger charge is -2.64. The number of ether oxygens (including phenoxy) is 16. The van der Waals surface area contributed by atoms with Gasteiger partial charge in [-0.15, -0.1) is 0 Å². The fourth-order valence-electron chi connectivity index (χ4n) is 19.5. The van der Waals surface area contributed by atoms with Crippen molar-refractivity contribution in [3.63, 3.8) is 0 Å². The Hall–Kier alpha value is -2.48. The molecule has 0 aromatic rings. The average Bonchev–Trinajstić information content (AvgIpc) is 1.53. The van der Waals surface area contributed by atoms with E-state index >= 15 is 0 Å². The van der Waals surface area contributed by atoms with Gasteiger partial charge in [-0.1, -0.05) is 53.2 Å². The van der Waals surface area contributed by atoms with E-state index in [4.69, 9.17) is 75.8 Å². The number of hydrogen-bond acceptors (Lipinski definition) is 33. The number of allylic oxidation sites excluding steroid dienone is 2. The topological polar surface area (TPSA) is 485 Å². The Bertz CT molecular complexity index is 2820. The molecule has 0 bridgehead atoms. The van der Waals surface area contributed by atoms with Crippen molar-refractivity contribution in [1.82, 2.24) is 0 Å². The molecule has 7 saturated heterocycles. The van der Waals surface area contributed by atoms with Crippen LogP contribution in [0.1, 0.15) is 113 Å². The summed E-state index contributed by atoms with van der Waals surface area (Å²) < 4.78 is 95.7. The van der Waals surface area contributed by atoms with Crippen LogP contribution in [0.4, 0.5) is 0 Å². The Morgan fingerprint density at radius 3 is 1.48 bits per heavy atom. The highest BCUT2D eigenvalue weighted by Crippen LogP contribution is 2.76. The first-order valence-corrected chi connectivity index (χ1v) is 35.6. The summed E-state index contributed by atoms with van der Waals surface area (Å²) in [4.78, 5) is 27.1. The highest BCUT2D eigenvalue weighted by Gasteiger charge is 2.77. The Kier molecular flexibility index (Phi) is 24.6. The summed E-state index contributed by atoms with van der Waals surface area (Å²) in [6.45, 7) is 11.9. The Balaban J connectivity index is 0.827. The van der Waals surface area contributed by atoms with Crippen molar-refractivity contribution in [1.29, 1.82) is 0 Å². The molecule has 33 heteroatoms. The predicted molar refractivity (Wildman–Crippen MR) is 337 cm³/mol. The van der Waals surface area contributed by atoms with Crippen LogP contribution in [0.15, 0.2) is 11.6 Å². The minimum Gasteiger partial charge on any atom is -0.462 e. The van der Waals surface area contributed by atoms with Gasteiger partial charge in [-0.05, 0) is 86.9 Å². The molecule has 33 nitrogen and oxygen atoms in total. The maximum atomic E-state index is 14.8. The number of fused-ring (bicyclic) bond motifs is 4. The van der Waals surface area contributed by atoms with Gasteiger partial charge in [0.15, 0.2) is 37.7 Å². The number of aliphatic hydroxyl groups is 15. The Morgan fingerprint density at radius 2 is 0.990 bits per heavy atom. The van der Waals surface area contributed by atoms with Gasteiger partial charge in [0.25, 0.3) is 0 Å². The standard InChI is InChI=1S/C68H110O33/c1-27(2)19-29(90-28(3)73)20-67(8)39-14-17-66(7)31-11-12-38-64(4,5)40(15-16-65(38,6)30(31)13-18-68(39,66)63(85)101-67)97-62-56(46(79)37(26-89-62)96-59-51(84)55(45(78)35(24-72)92-59)99-61-49(82)53(87-10)43(76)33(22-70)94-61)100-57-47(80)41(74)36(25-88-57)95-58-50(83)54(44(77)34(23-71)91-58)98-60-48(81)52(86-9)42(75)32(21-69)93-60/h11,27,29-30,32-62,69-72,74-84H,12-26H2,1-10H3/t29-,30?,32+,33+,34+,35+,36+,37+,38?,39+,40-,41-,42+,43+,44+,45+,46-,47+,48+,49+,50+,51+,52-,53-,54-,55-,56+,57-,58-,59-,60-,61-,62-,65+,66-,67-,68+/m0/s1.